The molecular formula is C30H32FN3O2. The van der Waals surface area contributed by atoms with E-state index < -0.39 is 11.0 Å². The molecule has 2 fully saturated rings. The number of rotatable bonds is 6. The Hall–Kier alpha value is -3.25. The average Bonchev–Trinajstić information content (AvgIpc) is 3.35. The standard InChI is InChI=1S/C30H32FN3O2/c1-28(15-16-28)33-27(35)25-6-4-3-5-20(25)11-13-30(36)14-12-22-17-26-21(18-29(22,30)2)19-32-34(26)24-9-7-23(31)8-10-24/h3-10,17,19,36H,11-16,18H2,1-2H3,(H,33,35)/t29-,30-/m0/s1. The number of aliphatic hydroxyl groups is 1. The van der Waals surface area contributed by atoms with Crippen LogP contribution in [-0.4, -0.2) is 31.9 Å². The van der Waals surface area contributed by atoms with Gasteiger partial charge in [0.1, 0.15) is 5.82 Å². The Morgan fingerprint density at radius 3 is 2.61 bits per heavy atom. The van der Waals surface area contributed by atoms with E-state index in [-0.39, 0.29) is 17.3 Å². The van der Waals surface area contributed by atoms with Crippen LogP contribution in [0.5, 0.6) is 0 Å². The Balaban J connectivity index is 1.24. The summed E-state index contributed by atoms with van der Waals surface area (Å²) < 4.78 is 15.3. The molecule has 1 amide bonds. The van der Waals surface area contributed by atoms with Gasteiger partial charge in [-0.2, -0.15) is 5.10 Å². The molecule has 2 aromatic carbocycles. The van der Waals surface area contributed by atoms with E-state index in [2.05, 4.69) is 30.3 Å². The molecule has 2 atom stereocenters. The normalized spacial score (nSPS) is 25.6. The van der Waals surface area contributed by atoms with Gasteiger partial charge in [-0.1, -0.05) is 30.7 Å². The third-order valence-electron chi connectivity index (χ3n) is 8.84. The van der Waals surface area contributed by atoms with Crippen LogP contribution in [-0.2, 0) is 12.8 Å². The number of fused-ring (bicyclic) bond motifs is 2. The fraction of sp³-hybridized carbons (Fsp3) is 0.400. The summed E-state index contributed by atoms with van der Waals surface area (Å²) in [5.74, 6) is -0.293. The Morgan fingerprint density at radius 1 is 1.11 bits per heavy atom. The van der Waals surface area contributed by atoms with Crippen molar-refractivity contribution in [3.8, 4) is 5.69 Å². The lowest BCUT2D eigenvalue weighted by Crippen LogP contribution is -2.45. The van der Waals surface area contributed by atoms with Gasteiger partial charge in [0.25, 0.3) is 5.91 Å². The molecule has 0 saturated heterocycles. The van der Waals surface area contributed by atoms with E-state index in [4.69, 9.17) is 0 Å². The van der Waals surface area contributed by atoms with Crippen LogP contribution < -0.4 is 5.32 Å². The van der Waals surface area contributed by atoms with Crippen molar-refractivity contribution in [2.75, 3.05) is 0 Å². The van der Waals surface area contributed by atoms with E-state index in [0.717, 1.165) is 41.8 Å². The number of aryl methyl sites for hydroxylation is 1. The lowest BCUT2D eigenvalue weighted by Gasteiger charge is -2.42. The topological polar surface area (TPSA) is 67.2 Å². The molecule has 186 valence electrons. The van der Waals surface area contributed by atoms with Crippen LogP contribution in [0.1, 0.15) is 73.1 Å². The van der Waals surface area contributed by atoms with Gasteiger partial charge in [0, 0.05) is 16.5 Å². The number of nitrogens with zero attached hydrogens (tertiary/aromatic N) is 2. The van der Waals surface area contributed by atoms with Crippen LogP contribution in [0, 0.1) is 11.2 Å². The smallest absolute Gasteiger partial charge is 0.251 e. The first-order chi connectivity index (χ1) is 17.2. The van der Waals surface area contributed by atoms with Crippen molar-refractivity contribution in [3.05, 3.63) is 88.5 Å². The van der Waals surface area contributed by atoms with Gasteiger partial charge in [-0.15, -0.1) is 0 Å². The molecule has 6 rings (SSSR count). The zero-order valence-electron chi connectivity index (χ0n) is 20.9. The molecule has 1 aromatic heterocycles. The number of hydrogen-bond donors (Lipinski definition) is 2. The molecule has 0 unspecified atom stereocenters. The van der Waals surface area contributed by atoms with E-state index >= 15 is 0 Å². The van der Waals surface area contributed by atoms with Gasteiger partial charge in [-0.25, -0.2) is 9.07 Å². The highest BCUT2D eigenvalue weighted by Gasteiger charge is 2.54. The number of hydrogen-bond acceptors (Lipinski definition) is 3. The number of amides is 1. The van der Waals surface area contributed by atoms with Crippen molar-refractivity contribution in [2.45, 2.75) is 69.9 Å². The van der Waals surface area contributed by atoms with Crippen molar-refractivity contribution in [2.24, 2.45) is 5.41 Å². The number of nitrogens with one attached hydrogen (secondary N) is 1. The quantitative estimate of drug-likeness (QED) is 0.492. The Kier molecular flexibility index (Phi) is 5.23. The van der Waals surface area contributed by atoms with Crippen LogP contribution in [0.2, 0.25) is 0 Å². The average molecular weight is 486 g/mol. The van der Waals surface area contributed by atoms with E-state index in [1.165, 1.54) is 17.7 Å². The van der Waals surface area contributed by atoms with Gasteiger partial charge in [0.05, 0.1) is 23.2 Å². The van der Waals surface area contributed by atoms with Crippen molar-refractivity contribution < 1.29 is 14.3 Å². The highest BCUT2D eigenvalue weighted by atomic mass is 19.1. The Bertz CT molecular complexity index is 1370. The van der Waals surface area contributed by atoms with E-state index in [1.54, 1.807) is 12.1 Å². The SMILES string of the molecule is CC1(NC(=O)c2ccccc2CC[C@]2(O)CCC3=Cc4c(cnn4-c4ccc(F)cc4)C[C@@]32C)CC1. The molecule has 3 aliphatic rings. The molecule has 2 N–H and O–H groups in total. The maximum atomic E-state index is 13.4. The third kappa shape index (κ3) is 3.79. The summed E-state index contributed by atoms with van der Waals surface area (Å²) in [5.41, 5.74) is 4.50. The minimum Gasteiger partial charge on any atom is -0.389 e. The molecule has 0 aliphatic heterocycles. The van der Waals surface area contributed by atoms with Crippen LogP contribution >= 0.6 is 0 Å². The van der Waals surface area contributed by atoms with Crippen LogP contribution in [0.3, 0.4) is 0 Å². The van der Waals surface area contributed by atoms with Crippen LogP contribution in [0.25, 0.3) is 11.8 Å². The van der Waals surface area contributed by atoms with E-state index in [0.29, 0.717) is 31.2 Å². The first-order valence-electron chi connectivity index (χ1n) is 12.9. The highest BCUT2D eigenvalue weighted by Crippen LogP contribution is 2.56. The highest BCUT2D eigenvalue weighted by molar-refractivity contribution is 5.96. The molecule has 6 heteroatoms. The maximum Gasteiger partial charge on any atom is 0.251 e. The fourth-order valence-electron chi connectivity index (χ4n) is 6.07. The zero-order chi connectivity index (χ0) is 25.1. The summed E-state index contributed by atoms with van der Waals surface area (Å²) >= 11 is 0. The van der Waals surface area contributed by atoms with Gasteiger partial charge in [0.15, 0.2) is 0 Å². The Morgan fingerprint density at radius 2 is 1.86 bits per heavy atom. The first-order valence-corrected chi connectivity index (χ1v) is 12.9. The predicted molar refractivity (Wildman–Crippen MR) is 137 cm³/mol. The summed E-state index contributed by atoms with van der Waals surface area (Å²) in [6.07, 6.45) is 9.52. The molecule has 5 nitrogen and oxygen atoms in total. The summed E-state index contributed by atoms with van der Waals surface area (Å²) in [6.45, 7) is 4.25. The van der Waals surface area contributed by atoms with Crippen molar-refractivity contribution in [1.82, 2.24) is 15.1 Å². The number of halogens is 1. The van der Waals surface area contributed by atoms with Crippen LogP contribution in [0.4, 0.5) is 4.39 Å². The summed E-state index contributed by atoms with van der Waals surface area (Å²) in [6, 6.07) is 14.1. The Labute approximate surface area is 211 Å². The second kappa shape index (κ2) is 8.13. The van der Waals surface area contributed by atoms with Gasteiger partial charge in [0.2, 0.25) is 0 Å². The lowest BCUT2D eigenvalue weighted by atomic mass is 9.65. The molecule has 1 heterocycles. The minimum atomic E-state index is -0.874. The van der Waals surface area contributed by atoms with Gasteiger partial charge < -0.3 is 10.4 Å². The number of carbonyl (C=O) groups is 1. The fourth-order valence-corrected chi connectivity index (χ4v) is 6.07. The van der Waals surface area contributed by atoms with Crippen molar-refractivity contribution in [3.63, 3.8) is 0 Å². The number of benzene rings is 2. The van der Waals surface area contributed by atoms with Gasteiger partial charge in [-0.05, 0) is 99.4 Å². The third-order valence-corrected chi connectivity index (χ3v) is 8.84. The van der Waals surface area contributed by atoms with Crippen molar-refractivity contribution >= 4 is 12.0 Å². The van der Waals surface area contributed by atoms with Gasteiger partial charge >= 0.3 is 0 Å². The first kappa shape index (κ1) is 23.2. The second-order valence-corrected chi connectivity index (χ2v) is 11.3. The monoisotopic (exact) mass is 485 g/mol. The molecule has 3 aromatic rings. The molecule has 2 saturated carbocycles. The number of carbonyl (C=O) groups excluding carboxylic acids is 1. The maximum absolute atomic E-state index is 13.4. The second-order valence-electron chi connectivity index (χ2n) is 11.3. The van der Waals surface area contributed by atoms with Crippen molar-refractivity contribution in [1.29, 1.82) is 0 Å². The summed E-state index contributed by atoms with van der Waals surface area (Å²) in [4.78, 5) is 13.0. The summed E-state index contributed by atoms with van der Waals surface area (Å²) in [5, 5.41) is 19.8. The number of aromatic nitrogens is 2. The molecule has 0 radical (unpaired) electrons. The molecule has 3 aliphatic carbocycles. The van der Waals surface area contributed by atoms with E-state index in [1.807, 2.05) is 35.1 Å². The summed E-state index contributed by atoms with van der Waals surface area (Å²) in [7, 11) is 0. The minimum absolute atomic E-state index is 0.0219. The zero-order valence-corrected chi connectivity index (χ0v) is 20.9. The predicted octanol–water partition coefficient (Wildman–Crippen LogP) is 5.40. The molecule has 0 bridgehead atoms. The van der Waals surface area contributed by atoms with E-state index in [9.17, 15) is 14.3 Å². The molecule has 0 spiro atoms. The largest absolute Gasteiger partial charge is 0.389 e. The van der Waals surface area contributed by atoms with Crippen LogP contribution in [0.15, 0.2) is 60.3 Å². The van der Waals surface area contributed by atoms with Gasteiger partial charge in [-0.3, -0.25) is 4.79 Å². The lowest BCUT2D eigenvalue weighted by molar-refractivity contribution is -0.0461. The molecule has 36 heavy (non-hydrogen) atoms. The molecular weight excluding hydrogens is 453 g/mol.